The highest BCUT2D eigenvalue weighted by Crippen LogP contribution is 2.26. The molecule has 1 N–H and O–H groups in total. The lowest BCUT2D eigenvalue weighted by molar-refractivity contribution is -0.128. The number of carbonyl (C=O) groups is 1. The maximum Gasteiger partial charge on any atom is 0.260 e. The Kier molecular flexibility index (Phi) is 8.02. The van der Waals surface area contributed by atoms with Gasteiger partial charge >= 0.3 is 0 Å². The molecule has 2 aliphatic rings. The lowest BCUT2D eigenvalue weighted by Crippen LogP contribution is -2.48. The van der Waals surface area contributed by atoms with Gasteiger partial charge in [-0.25, -0.2) is 8.42 Å². The number of piperazine rings is 1. The molecule has 4 rings (SSSR count). The van der Waals surface area contributed by atoms with Crippen LogP contribution in [0.4, 0.5) is 5.69 Å². The molecule has 2 aromatic rings. The Morgan fingerprint density at radius 2 is 1.63 bits per heavy atom. The number of sulfonamides is 1. The van der Waals surface area contributed by atoms with Gasteiger partial charge in [-0.3, -0.25) is 4.79 Å². The first-order valence-electron chi connectivity index (χ1n) is 12.6. The largest absolute Gasteiger partial charge is 0.481 e. The monoisotopic (exact) mass is 499 g/mol. The van der Waals surface area contributed by atoms with Gasteiger partial charge in [0.25, 0.3) is 5.91 Å². The molecule has 1 amide bonds. The maximum absolute atomic E-state index is 13.2. The van der Waals surface area contributed by atoms with Crippen molar-refractivity contribution in [3.63, 3.8) is 0 Å². The third kappa shape index (κ3) is 5.98. The number of carbonyl (C=O) groups excluding carboxylic acids is 1. The van der Waals surface area contributed by atoms with E-state index in [1.54, 1.807) is 35.5 Å². The molecule has 190 valence electrons. The van der Waals surface area contributed by atoms with Crippen LogP contribution in [0.5, 0.6) is 5.75 Å². The molecule has 0 unspecified atom stereocenters. The van der Waals surface area contributed by atoms with Crippen LogP contribution in [0.3, 0.4) is 0 Å². The zero-order valence-corrected chi connectivity index (χ0v) is 21.8. The SMILES string of the molecule is Cc1cccc(N2CCN(S(=O)(=O)c3ccc(O[C@H](C)C(=O)NC4CCCCC4)cc3)CC2)c1C. The van der Waals surface area contributed by atoms with E-state index in [0.29, 0.717) is 31.9 Å². The molecular weight excluding hydrogens is 462 g/mol. The molecule has 1 aliphatic carbocycles. The second-order valence-corrected chi connectivity index (χ2v) is 11.6. The first kappa shape index (κ1) is 25.5. The highest BCUT2D eigenvalue weighted by Gasteiger charge is 2.29. The van der Waals surface area contributed by atoms with Crippen LogP contribution in [-0.4, -0.2) is 57.0 Å². The molecule has 0 aromatic heterocycles. The van der Waals surface area contributed by atoms with Crippen LogP contribution >= 0.6 is 0 Å². The fourth-order valence-electron chi connectivity index (χ4n) is 4.91. The summed E-state index contributed by atoms with van der Waals surface area (Å²) < 4.78 is 33.8. The molecule has 1 saturated heterocycles. The van der Waals surface area contributed by atoms with E-state index in [1.807, 2.05) is 6.07 Å². The zero-order valence-electron chi connectivity index (χ0n) is 21.0. The summed E-state index contributed by atoms with van der Waals surface area (Å²) in [6, 6.07) is 12.8. The van der Waals surface area contributed by atoms with E-state index in [4.69, 9.17) is 4.74 Å². The summed E-state index contributed by atoms with van der Waals surface area (Å²) in [6.45, 7) is 8.10. The molecule has 7 nitrogen and oxygen atoms in total. The number of nitrogens with one attached hydrogen (secondary N) is 1. The first-order chi connectivity index (χ1) is 16.8. The summed E-state index contributed by atoms with van der Waals surface area (Å²) >= 11 is 0. The first-order valence-corrected chi connectivity index (χ1v) is 14.1. The van der Waals surface area contributed by atoms with E-state index in [9.17, 15) is 13.2 Å². The average molecular weight is 500 g/mol. The minimum Gasteiger partial charge on any atom is -0.481 e. The molecule has 0 radical (unpaired) electrons. The average Bonchev–Trinajstić information content (AvgIpc) is 2.87. The quantitative estimate of drug-likeness (QED) is 0.622. The summed E-state index contributed by atoms with van der Waals surface area (Å²) in [5, 5.41) is 3.07. The number of hydrogen-bond acceptors (Lipinski definition) is 5. The van der Waals surface area contributed by atoms with Gasteiger partial charge in [-0.2, -0.15) is 4.31 Å². The van der Waals surface area contributed by atoms with Crippen molar-refractivity contribution in [1.82, 2.24) is 9.62 Å². The molecule has 0 bridgehead atoms. The molecule has 8 heteroatoms. The number of benzene rings is 2. The molecule has 1 saturated carbocycles. The van der Waals surface area contributed by atoms with E-state index in [2.05, 4.69) is 36.2 Å². The van der Waals surface area contributed by atoms with Crippen molar-refractivity contribution in [2.45, 2.75) is 69.9 Å². The molecule has 0 spiro atoms. The lowest BCUT2D eigenvalue weighted by atomic mass is 9.95. The van der Waals surface area contributed by atoms with Gasteiger partial charge in [-0.15, -0.1) is 0 Å². The van der Waals surface area contributed by atoms with Crippen LogP contribution in [0.1, 0.15) is 50.2 Å². The van der Waals surface area contributed by atoms with E-state index in [0.717, 1.165) is 25.7 Å². The van der Waals surface area contributed by atoms with Crippen LogP contribution in [-0.2, 0) is 14.8 Å². The van der Waals surface area contributed by atoms with Crippen molar-refractivity contribution < 1.29 is 17.9 Å². The lowest BCUT2D eigenvalue weighted by Gasteiger charge is -2.36. The van der Waals surface area contributed by atoms with Gasteiger partial charge in [-0.05, 0) is 75.1 Å². The van der Waals surface area contributed by atoms with Crippen LogP contribution in [0, 0.1) is 13.8 Å². The number of aryl methyl sites for hydroxylation is 1. The molecule has 1 atom stereocenters. The minimum atomic E-state index is -3.59. The molecule has 1 aliphatic heterocycles. The van der Waals surface area contributed by atoms with Gasteiger partial charge in [-0.1, -0.05) is 31.4 Å². The summed E-state index contributed by atoms with van der Waals surface area (Å²) in [5.74, 6) is 0.352. The van der Waals surface area contributed by atoms with Gasteiger partial charge in [0.05, 0.1) is 4.90 Å². The van der Waals surface area contributed by atoms with Gasteiger partial charge in [0, 0.05) is 37.9 Å². The molecule has 2 aromatic carbocycles. The summed E-state index contributed by atoms with van der Waals surface area (Å²) in [4.78, 5) is 15.0. The summed E-state index contributed by atoms with van der Waals surface area (Å²) in [6.07, 6.45) is 4.93. The van der Waals surface area contributed by atoms with E-state index in [-0.39, 0.29) is 16.8 Å². The number of hydrogen-bond donors (Lipinski definition) is 1. The van der Waals surface area contributed by atoms with Crippen LogP contribution < -0.4 is 15.0 Å². The fraction of sp³-hybridized carbons (Fsp3) is 0.519. The van der Waals surface area contributed by atoms with Gasteiger partial charge in [0.1, 0.15) is 5.75 Å². The van der Waals surface area contributed by atoms with Crippen molar-refractivity contribution >= 4 is 21.6 Å². The minimum absolute atomic E-state index is 0.129. The van der Waals surface area contributed by atoms with Crippen LogP contribution in [0.15, 0.2) is 47.4 Å². The Balaban J connectivity index is 1.33. The number of amides is 1. The Morgan fingerprint density at radius 1 is 0.971 bits per heavy atom. The second-order valence-electron chi connectivity index (χ2n) is 9.69. The normalized spacial score (nSPS) is 18.8. The van der Waals surface area contributed by atoms with E-state index in [1.165, 1.54) is 23.2 Å². The van der Waals surface area contributed by atoms with Crippen molar-refractivity contribution in [2.75, 3.05) is 31.1 Å². The van der Waals surface area contributed by atoms with Crippen molar-refractivity contribution in [1.29, 1.82) is 0 Å². The standard InChI is InChI=1S/C27H37N3O4S/c1-20-8-7-11-26(21(20)2)29-16-18-30(19-17-29)35(32,33)25-14-12-24(13-15-25)34-22(3)27(31)28-23-9-5-4-6-10-23/h7-8,11-15,22-23H,4-6,9-10,16-19H2,1-3H3,(H,28,31)/t22-/m1/s1. The fourth-order valence-corrected chi connectivity index (χ4v) is 6.33. The third-order valence-electron chi connectivity index (χ3n) is 7.25. The number of ether oxygens (including phenoxy) is 1. The smallest absolute Gasteiger partial charge is 0.260 e. The molecule has 1 heterocycles. The predicted octanol–water partition coefficient (Wildman–Crippen LogP) is 4.03. The van der Waals surface area contributed by atoms with Crippen LogP contribution in [0.25, 0.3) is 0 Å². The molecule has 2 fully saturated rings. The van der Waals surface area contributed by atoms with Crippen molar-refractivity contribution in [3.8, 4) is 5.75 Å². The maximum atomic E-state index is 13.2. The van der Waals surface area contributed by atoms with Gasteiger partial charge in [0.15, 0.2) is 6.10 Å². The van der Waals surface area contributed by atoms with Crippen molar-refractivity contribution in [2.24, 2.45) is 0 Å². The Labute approximate surface area is 209 Å². The molecular formula is C27H37N3O4S. The Morgan fingerprint density at radius 3 is 2.29 bits per heavy atom. The Hall–Kier alpha value is -2.58. The second kappa shape index (κ2) is 11.0. The summed E-state index contributed by atoms with van der Waals surface area (Å²) in [5.41, 5.74) is 3.65. The summed E-state index contributed by atoms with van der Waals surface area (Å²) in [7, 11) is -3.59. The number of anilines is 1. The van der Waals surface area contributed by atoms with Crippen LogP contribution in [0.2, 0.25) is 0 Å². The third-order valence-corrected chi connectivity index (χ3v) is 9.16. The molecule has 35 heavy (non-hydrogen) atoms. The highest BCUT2D eigenvalue weighted by molar-refractivity contribution is 7.89. The van der Waals surface area contributed by atoms with E-state index < -0.39 is 16.1 Å². The van der Waals surface area contributed by atoms with Gasteiger partial charge < -0.3 is 15.0 Å². The Bertz CT molecular complexity index is 1120. The number of rotatable bonds is 7. The predicted molar refractivity (Wildman–Crippen MR) is 138 cm³/mol. The highest BCUT2D eigenvalue weighted by atomic mass is 32.2. The zero-order chi connectivity index (χ0) is 25.0. The number of nitrogens with zero attached hydrogens (tertiary/aromatic N) is 2. The van der Waals surface area contributed by atoms with E-state index >= 15 is 0 Å². The van der Waals surface area contributed by atoms with Crippen molar-refractivity contribution in [3.05, 3.63) is 53.6 Å². The van der Waals surface area contributed by atoms with Gasteiger partial charge in [0.2, 0.25) is 10.0 Å². The topological polar surface area (TPSA) is 79.0 Å².